The van der Waals surface area contributed by atoms with E-state index in [4.69, 9.17) is 9.47 Å². The standard InChI is InChI=1S/C19H21NO5/c1-19(2,3)17(13-7-11-16(24-4)12-8-13)25-18(21)14-5-9-15(10-6-14)20(22)23/h5-12,17H,1-4H3/t17-/m0/s1. The number of nitro groups is 1. The minimum atomic E-state index is -0.523. The molecule has 0 fully saturated rings. The third kappa shape index (κ3) is 4.56. The van der Waals surface area contributed by atoms with Crippen molar-refractivity contribution in [3.05, 3.63) is 69.8 Å². The smallest absolute Gasteiger partial charge is 0.338 e. The summed E-state index contributed by atoms with van der Waals surface area (Å²) in [4.78, 5) is 22.7. The van der Waals surface area contributed by atoms with Gasteiger partial charge in [-0.2, -0.15) is 0 Å². The van der Waals surface area contributed by atoms with E-state index in [0.29, 0.717) is 0 Å². The van der Waals surface area contributed by atoms with E-state index in [1.807, 2.05) is 45.0 Å². The average molecular weight is 343 g/mol. The summed E-state index contributed by atoms with van der Waals surface area (Å²) in [5.74, 6) is 0.198. The molecule has 0 heterocycles. The summed E-state index contributed by atoms with van der Waals surface area (Å²) in [6, 6.07) is 12.7. The Morgan fingerprint density at radius 3 is 2.04 bits per heavy atom. The van der Waals surface area contributed by atoms with E-state index >= 15 is 0 Å². The number of non-ortho nitro benzene ring substituents is 1. The van der Waals surface area contributed by atoms with Crippen molar-refractivity contribution in [3.8, 4) is 5.75 Å². The molecule has 0 unspecified atom stereocenters. The largest absolute Gasteiger partial charge is 0.497 e. The third-order valence-corrected chi connectivity index (χ3v) is 3.74. The molecule has 0 amide bonds. The van der Waals surface area contributed by atoms with E-state index in [1.165, 1.54) is 24.3 Å². The molecule has 0 aliphatic carbocycles. The zero-order valence-electron chi connectivity index (χ0n) is 14.7. The van der Waals surface area contributed by atoms with Crippen LogP contribution in [0.1, 0.15) is 42.8 Å². The Hall–Kier alpha value is -2.89. The number of benzene rings is 2. The SMILES string of the molecule is COc1ccc([C@H](OC(=O)c2ccc([N+](=O)[O-])cc2)C(C)(C)C)cc1. The van der Waals surface area contributed by atoms with Crippen LogP contribution in [-0.2, 0) is 4.74 Å². The molecular formula is C19H21NO5. The maximum atomic E-state index is 12.5. The monoisotopic (exact) mass is 343 g/mol. The number of carbonyl (C=O) groups excluding carboxylic acids is 1. The number of nitro benzene ring substituents is 1. The summed E-state index contributed by atoms with van der Waals surface area (Å²) in [6.45, 7) is 5.93. The number of hydrogen-bond donors (Lipinski definition) is 0. The van der Waals surface area contributed by atoms with E-state index in [9.17, 15) is 14.9 Å². The van der Waals surface area contributed by atoms with E-state index in [2.05, 4.69) is 0 Å². The van der Waals surface area contributed by atoms with Gasteiger partial charge in [0.1, 0.15) is 11.9 Å². The highest BCUT2D eigenvalue weighted by atomic mass is 16.6. The molecule has 0 spiro atoms. The minimum absolute atomic E-state index is 0.0703. The highest BCUT2D eigenvalue weighted by Gasteiger charge is 2.30. The maximum absolute atomic E-state index is 12.5. The van der Waals surface area contributed by atoms with Crippen molar-refractivity contribution in [1.29, 1.82) is 0 Å². The van der Waals surface area contributed by atoms with Gasteiger partial charge in [0, 0.05) is 17.5 Å². The van der Waals surface area contributed by atoms with Crippen molar-refractivity contribution in [3.63, 3.8) is 0 Å². The van der Waals surface area contributed by atoms with Crippen LogP contribution in [-0.4, -0.2) is 18.0 Å². The first-order valence-electron chi connectivity index (χ1n) is 7.82. The predicted octanol–water partition coefficient (Wildman–Crippen LogP) is 4.55. The number of esters is 1. The van der Waals surface area contributed by atoms with Crippen molar-refractivity contribution in [1.82, 2.24) is 0 Å². The molecule has 2 aromatic rings. The Morgan fingerprint density at radius 2 is 1.60 bits per heavy atom. The third-order valence-electron chi connectivity index (χ3n) is 3.74. The van der Waals surface area contributed by atoms with Crippen LogP contribution in [0.3, 0.4) is 0 Å². The lowest BCUT2D eigenvalue weighted by Gasteiger charge is -2.30. The van der Waals surface area contributed by atoms with E-state index in [0.717, 1.165) is 11.3 Å². The first-order valence-corrected chi connectivity index (χ1v) is 7.82. The molecule has 25 heavy (non-hydrogen) atoms. The van der Waals surface area contributed by atoms with Gasteiger partial charge in [-0.05, 0) is 29.8 Å². The van der Waals surface area contributed by atoms with Gasteiger partial charge in [0.25, 0.3) is 5.69 Å². The Bertz CT molecular complexity index is 745. The van der Waals surface area contributed by atoms with Crippen LogP contribution in [0, 0.1) is 15.5 Å². The first-order chi connectivity index (χ1) is 11.7. The molecule has 6 nitrogen and oxygen atoms in total. The van der Waals surface area contributed by atoms with Crippen molar-refractivity contribution in [2.24, 2.45) is 5.41 Å². The van der Waals surface area contributed by atoms with Gasteiger partial charge in [0.15, 0.2) is 0 Å². The lowest BCUT2D eigenvalue weighted by Crippen LogP contribution is -2.24. The van der Waals surface area contributed by atoms with E-state index in [1.54, 1.807) is 7.11 Å². The Labute approximate surface area is 146 Å². The summed E-state index contributed by atoms with van der Waals surface area (Å²) in [5.41, 5.74) is 0.724. The zero-order valence-corrected chi connectivity index (χ0v) is 14.7. The van der Waals surface area contributed by atoms with Gasteiger partial charge in [0.2, 0.25) is 0 Å². The van der Waals surface area contributed by atoms with Crippen LogP contribution in [0.2, 0.25) is 0 Å². The summed E-state index contributed by atoms with van der Waals surface area (Å²) < 4.78 is 10.9. The minimum Gasteiger partial charge on any atom is -0.497 e. The highest BCUT2D eigenvalue weighted by molar-refractivity contribution is 5.89. The van der Waals surface area contributed by atoms with Crippen LogP contribution < -0.4 is 4.74 Å². The summed E-state index contributed by atoms with van der Waals surface area (Å²) >= 11 is 0. The zero-order chi connectivity index (χ0) is 18.6. The van der Waals surface area contributed by atoms with Gasteiger partial charge in [-0.25, -0.2) is 4.79 Å². The molecular weight excluding hydrogens is 322 g/mol. The molecule has 6 heteroatoms. The molecule has 0 aliphatic heterocycles. The van der Waals surface area contributed by atoms with Crippen LogP contribution in [0.5, 0.6) is 5.75 Å². The highest BCUT2D eigenvalue weighted by Crippen LogP contribution is 2.37. The maximum Gasteiger partial charge on any atom is 0.338 e. The quantitative estimate of drug-likeness (QED) is 0.452. The number of nitrogens with zero attached hydrogens (tertiary/aromatic N) is 1. The van der Waals surface area contributed by atoms with Gasteiger partial charge in [-0.15, -0.1) is 0 Å². The number of carbonyl (C=O) groups is 1. The number of methoxy groups -OCH3 is 1. The van der Waals surface area contributed by atoms with Crippen molar-refractivity contribution < 1.29 is 19.2 Å². The second kappa shape index (κ2) is 7.34. The molecule has 0 N–H and O–H groups in total. The molecule has 2 aromatic carbocycles. The molecule has 0 aromatic heterocycles. The molecule has 0 aliphatic rings. The van der Waals surface area contributed by atoms with Gasteiger partial charge in [0.05, 0.1) is 17.6 Å². The van der Waals surface area contributed by atoms with Gasteiger partial charge in [-0.3, -0.25) is 10.1 Å². The summed E-state index contributed by atoms with van der Waals surface area (Å²) in [7, 11) is 1.59. The van der Waals surface area contributed by atoms with E-state index < -0.39 is 17.0 Å². The summed E-state index contributed by atoms with van der Waals surface area (Å²) in [6.07, 6.45) is -0.471. The lowest BCUT2D eigenvalue weighted by atomic mass is 9.84. The normalized spacial score (nSPS) is 12.3. The van der Waals surface area contributed by atoms with Gasteiger partial charge < -0.3 is 9.47 Å². The second-order valence-electron chi connectivity index (χ2n) is 6.73. The van der Waals surface area contributed by atoms with Crippen molar-refractivity contribution in [2.45, 2.75) is 26.9 Å². The van der Waals surface area contributed by atoms with Crippen LogP contribution >= 0.6 is 0 Å². The fraction of sp³-hybridized carbons (Fsp3) is 0.316. The summed E-state index contributed by atoms with van der Waals surface area (Å²) in [5, 5.41) is 10.7. The molecule has 1 atom stereocenters. The topological polar surface area (TPSA) is 78.7 Å². The second-order valence-corrected chi connectivity index (χ2v) is 6.73. The number of hydrogen-bond acceptors (Lipinski definition) is 5. The fourth-order valence-electron chi connectivity index (χ4n) is 2.42. The van der Waals surface area contributed by atoms with Gasteiger partial charge in [-0.1, -0.05) is 32.9 Å². The van der Waals surface area contributed by atoms with Crippen LogP contribution in [0.4, 0.5) is 5.69 Å². The lowest BCUT2D eigenvalue weighted by molar-refractivity contribution is -0.384. The Morgan fingerprint density at radius 1 is 1.04 bits per heavy atom. The molecule has 132 valence electrons. The Kier molecular flexibility index (Phi) is 5.41. The molecule has 0 saturated carbocycles. The predicted molar refractivity (Wildman–Crippen MR) is 93.7 cm³/mol. The van der Waals surface area contributed by atoms with Crippen LogP contribution in [0.25, 0.3) is 0 Å². The van der Waals surface area contributed by atoms with Crippen molar-refractivity contribution >= 4 is 11.7 Å². The molecule has 2 rings (SSSR count). The molecule has 0 bridgehead atoms. The fourth-order valence-corrected chi connectivity index (χ4v) is 2.42. The van der Waals surface area contributed by atoms with Crippen LogP contribution in [0.15, 0.2) is 48.5 Å². The van der Waals surface area contributed by atoms with E-state index in [-0.39, 0.29) is 16.7 Å². The van der Waals surface area contributed by atoms with Crippen molar-refractivity contribution in [2.75, 3.05) is 7.11 Å². The molecule has 0 radical (unpaired) electrons. The molecule has 0 saturated heterocycles. The number of rotatable bonds is 5. The Balaban J connectivity index is 2.24. The number of ether oxygens (including phenoxy) is 2. The first kappa shape index (κ1) is 18.4. The average Bonchev–Trinajstić information content (AvgIpc) is 2.58. The van der Waals surface area contributed by atoms with Gasteiger partial charge >= 0.3 is 5.97 Å².